The highest BCUT2D eigenvalue weighted by molar-refractivity contribution is 5.78. The summed E-state index contributed by atoms with van der Waals surface area (Å²) < 4.78 is 11.5. The molecule has 160 valence electrons. The molecule has 1 aromatic carbocycles. The number of morpholine rings is 1. The van der Waals surface area contributed by atoms with E-state index >= 15 is 0 Å². The average Bonchev–Trinajstić information content (AvgIpc) is 2.74. The highest BCUT2D eigenvalue weighted by Crippen LogP contribution is 2.37. The van der Waals surface area contributed by atoms with E-state index in [1.54, 1.807) is 0 Å². The van der Waals surface area contributed by atoms with Gasteiger partial charge in [-0.1, -0.05) is 32.0 Å². The number of para-hydroxylation sites is 1. The third-order valence-corrected chi connectivity index (χ3v) is 5.94. The molecule has 2 amide bonds. The zero-order valence-corrected chi connectivity index (χ0v) is 17.8. The van der Waals surface area contributed by atoms with Gasteiger partial charge in [0.1, 0.15) is 5.75 Å². The molecule has 0 atom stereocenters. The quantitative estimate of drug-likeness (QED) is 0.704. The summed E-state index contributed by atoms with van der Waals surface area (Å²) in [5, 5.41) is 0. The zero-order chi connectivity index (χ0) is 20.7. The maximum atomic E-state index is 13.0. The fourth-order valence-electron chi connectivity index (χ4n) is 4.08. The Hall–Kier alpha value is -2.08. The number of ether oxygens (including phenoxy) is 2. The molecule has 0 spiro atoms. The number of hydrogen-bond donors (Lipinski definition) is 0. The smallest absolute Gasteiger partial charge is 0.223 e. The van der Waals surface area contributed by atoms with Crippen LogP contribution in [-0.2, 0) is 14.3 Å². The van der Waals surface area contributed by atoms with Crippen LogP contribution in [0.2, 0.25) is 0 Å². The molecule has 2 aliphatic rings. The van der Waals surface area contributed by atoms with E-state index in [4.69, 9.17) is 9.47 Å². The molecule has 0 saturated carbocycles. The molecule has 6 heteroatoms. The number of nitrogens with zero attached hydrogens (tertiary/aromatic N) is 2. The van der Waals surface area contributed by atoms with Gasteiger partial charge in [-0.3, -0.25) is 9.59 Å². The van der Waals surface area contributed by atoms with Crippen LogP contribution in [0.15, 0.2) is 30.3 Å². The standard InChI is InChI=1S/C23H34N2O4/c1-19(2)16-21(26)24-10-8-23(9-11-24,18-29-20-6-4-3-5-7-20)17-22(27)25-12-14-28-15-13-25/h3-7,19H,8-18H2,1-2H3. The Morgan fingerprint density at radius 3 is 2.24 bits per heavy atom. The van der Waals surface area contributed by atoms with Crippen LogP contribution in [-0.4, -0.2) is 67.6 Å². The lowest BCUT2D eigenvalue weighted by Crippen LogP contribution is -2.49. The Bertz CT molecular complexity index is 663. The van der Waals surface area contributed by atoms with Gasteiger partial charge in [-0.2, -0.15) is 0 Å². The van der Waals surface area contributed by atoms with Gasteiger partial charge >= 0.3 is 0 Å². The van der Waals surface area contributed by atoms with E-state index in [1.165, 1.54) is 0 Å². The monoisotopic (exact) mass is 402 g/mol. The molecule has 2 aliphatic heterocycles. The SMILES string of the molecule is CC(C)CC(=O)N1CCC(COc2ccccc2)(CC(=O)N2CCOCC2)CC1. The van der Waals surface area contributed by atoms with Gasteiger partial charge < -0.3 is 19.3 Å². The van der Waals surface area contributed by atoms with Crippen molar-refractivity contribution in [3.63, 3.8) is 0 Å². The summed E-state index contributed by atoms with van der Waals surface area (Å²) in [6.45, 7) is 8.57. The first-order valence-corrected chi connectivity index (χ1v) is 10.8. The van der Waals surface area contributed by atoms with E-state index in [0.717, 1.165) is 18.6 Å². The summed E-state index contributed by atoms with van der Waals surface area (Å²) in [6, 6.07) is 9.75. The molecule has 0 N–H and O–H groups in total. The van der Waals surface area contributed by atoms with Crippen molar-refractivity contribution in [2.75, 3.05) is 46.0 Å². The Kier molecular flexibility index (Phi) is 7.53. The van der Waals surface area contributed by atoms with E-state index in [1.807, 2.05) is 40.1 Å². The average molecular weight is 403 g/mol. The number of benzene rings is 1. The van der Waals surface area contributed by atoms with Crippen molar-refractivity contribution in [1.29, 1.82) is 0 Å². The summed E-state index contributed by atoms with van der Waals surface area (Å²) in [4.78, 5) is 29.3. The summed E-state index contributed by atoms with van der Waals surface area (Å²) in [5.41, 5.74) is -0.236. The van der Waals surface area contributed by atoms with Gasteiger partial charge in [-0.25, -0.2) is 0 Å². The van der Waals surface area contributed by atoms with Crippen molar-refractivity contribution >= 4 is 11.8 Å². The van der Waals surface area contributed by atoms with Gasteiger partial charge in [0.2, 0.25) is 11.8 Å². The summed E-state index contributed by atoms with van der Waals surface area (Å²) >= 11 is 0. The lowest BCUT2D eigenvalue weighted by molar-refractivity contribution is -0.141. The molecule has 0 unspecified atom stereocenters. The summed E-state index contributed by atoms with van der Waals surface area (Å²) in [5.74, 6) is 1.58. The second kappa shape index (κ2) is 10.1. The number of likely N-dealkylation sites (tertiary alicyclic amines) is 1. The van der Waals surface area contributed by atoms with E-state index in [2.05, 4.69) is 13.8 Å². The first-order valence-electron chi connectivity index (χ1n) is 10.8. The van der Waals surface area contributed by atoms with Crippen LogP contribution in [0, 0.1) is 11.3 Å². The third kappa shape index (κ3) is 6.20. The predicted molar refractivity (Wildman–Crippen MR) is 112 cm³/mol. The molecule has 1 aromatic rings. The second-order valence-corrected chi connectivity index (χ2v) is 8.75. The predicted octanol–water partition coefficient (Wildman–Crippen LogP) is 2.97. The number of carbonyl (C=O) groups is 2. The summed E-state index contributed by atoms with van der Waals surface area (Å²) in [7, 11) is 0. The number of amides is 2. The molecule has 0 bridgehead atoms. The lowest BCUT2D eigenvalue weighted by Gasteiger charge is -2.42. The highest BCUT2D eigenvalue weighted by Gasteiger charge is 2.39. The molecular weight excluding hydrogens is 368 g/mol. The van der Waals surface area contributed by atoms with Crippen molar-refractivity contribution in [2.24, 2.45) is 11.3 Å². The minimum absolute atomic E-state index is 0.173. The Morgan fingerprint density at radius 1 is 1.00 bits per heavy atom. The molecule has 0 aromatic heterocycles. The molecule has 2 saturated heterocycles. The Morgan fingerprint density at radius 2 is 1.62 bits per heavy atom. The van der Waals surface area contributed by atoms with Crippen LogP contribution >= 0.6 is 0 Å². The van der Waals surface area contributed by atoms with E-state index in [0.29, 0.717) is 64.8 Å². The molecule has 6 nitrogen and oxygen atoms in total. The van der Waals surface area contributed by atoms with Crippen LogP contribution in [0.5, 0.6) is 5.75 Å². The van der Waals surface area contributed by atoms with Gasteiger partial charge in [-0.05, 0) is 30.9 Å². The van der Waals surface area contributed by atoms with Gasteiger partial charge in [0, 0.05) is 44.4 Å². The van der Waals surface area contributed by atoms with Gasteiger partial charge in [-0.15, -0.1) is 0 Å². The first-order chi connectivity index (χ1) is 14.0. The van der Waals surface area contributed by atoms with Gasteiger partial charge in [0.25, 0.3) is 0 Å². The van der Waals surface area contributed by atoms with Crippen molar-refractivity contribution in [3.8, 4) is 5.75 Å². The maximum Gasteiger partial charge on any atom is 0.223 e. The van der Waals surface area contributed by atoms with E-state index < -0.39 is 0 Å². The molecule has 2 heterocycles. The number of rotatable bonds is 7. The van der Waals surface area contributed by atoms with Gasteiger partial charge in [0.15, 0.2) is 0 Å². The molecule has 0 aliphatic carbocycles. The Labute approximate surface area is 174 Å². The molecular formula is C23H34N2O4. The molecule has 3 rings (SSSR count). The maximum absolute atomic E-state index is 13.0. The molecule has 2 fully saturated rings. The second-order valence-electron chi connectivity index (χ2n) is 8.75. The minimum Gasteiger partial charge on any atom is -0.493 e. The normalized spacial score (nSPS) is 19.3. The topological polar surface area (TPSA) is 59.1 Å². The fourth-order valence-corrected chi connectivity index (χ4v) is 4.08. The zero-order valence-electron chi connectivity index (χ0n) is 17.8. The van der Waals surface area contributed by atoms with Crippen molar-refractivity contribution < 1.29 is 19.1 Å². The van der Waals surface area contributed by atoms with E-state index in [-0.39, 0.29) is 17.2 Å². The van der Waals surface area contributed by atoms with Crippen LogP contribution in [0.1, 0.15) is 39.5 Å². The number of carbonyl (C=O) groups excluding carboxylic acids is 2. The van der Waals surface area contributed by atoms with Crippen LogP contribution in [0.3, 0.4) is 0 Å². The first kappa shape index (κ1) is 21.6. The van der Waals surface area contributed by atoms with E-state index in [9.17, 15) is 9.59 Å². The number of hydrogen-bond acceptors (Lipinski definition) is 4. The van der Waals surface area contributed by atoms with Crippen LogP contribution < -0.4 is 4.74 Å². The molecule has 0 radical (unpaired) electrons. The van der Waals surface area contributed by atoms with Gasteiger partial charge in [0.05, 0.1) is 19.8 Å². The molecule has 29 heavy (non-hydrogen) atoms. The third-order valence-electron chi connectivity index (χ3n) is 5.94. The fraction of sp³-hybridized carbons (Fsp3) is 0.652. The summed E-state index contributed by atoms with van der Waals surface area (Å²) in [6.07, 6.45) is 2.63. The highest BCUT2D eigenvalue weighted by atomic mass is 16.5. The van der Waals surface area contributed by atoms with Crippen molar-refractivity contribution in [1.82, 2.24) is 9.80 Å². The lowest BCUT2D eigenvalue weighted by atomic mass is 9.75. The van der Waals surface area contributed by atoms with Crippen molar-refractivity contribution in [2.45, 2.75) is 39.5 Å². The minimum atomic E-state index is -0.236. The Balaban J connectivity index is 1.65. The van der Waals surface area contributed by atoms with Crippen LogP contribution in [0.4, 0.5) is 0 Å². The number of piperidine rings is 1. The van der Waals surface area contributed by atoms with Crippen LogP contribution in [0.25, 0.3) is 0 Å². The largest absolute Gasteiger partial charge is 0.493 e. The van der Waals surface area contributed by atoms with Crippen molar-refractivity contribution in [3.05, 3.63) is 30.3 Å².